The first-order valence-electron chi connectivity index (χ1n) is 7.11. The highest BCUT2D eigenvalue weighted by Crippen LogP contribution is 2.14. The second kappa shape index (κ2) is 13.0. The molecule has 8 heteroatoms. The molecule has 0 atom stereocenters. The van der Waals surface area contributed by atoms with Crippen LogP contribution in [0.1, 0.15) is 6.42 Å². The van der Waals surface area contributed by atoms with Gasteiger partial charge in [0.1, 0.15) is 5.75 Å². The summed E-state index contributed by atoms with van der Waals surface area (Å²) in [7, 11) is 2.91. The van der Waals surface area contributed by atoms with E-state index in [-0.39, 0.29) is 0 Å². The average molecular weight is 359 g/mol. The first-order chi connectivity index (χ1) is 11.1. The van der Waals surface area contributed by atoms with E-state index in [2.05, 4.69) is 6.58 Å². The minimum Gasteiger partial charge on any atom is -0.553 e. The van der Waals surface area contributed by atoms with Gasteiger partial charge in [0.2, 0.25) is 10.5 Å². The molecule has 0 fully saturated rings. The SMILES string of the molecule is C=CC(=O)OCCC[Si](OC)(OC)OC.[SiH3]Oc1ccccc1. The molecule has 1 rings (SSSR count). The van der Waals surface area contributed by atoms with Gasteiger partial charge in [-0.1, -0.05) is 24.8 Å². The molecule has 0 radical (unpaired) electrons. The molecule has 1 aromatic rings. The third-order valence-electron chi connectivity index (χ3n) is 2.95. The van der Waals surface area contributed by atoms with E-state index >= 15 is 0 Å². The number of ether oxygens (including phenoxy) is 1. The van der Waals surface area contributed by atoms with Crippen LogP contribution in [0.2, 0.25) is 6.04 Å². The zero-order chi connectivity index (χ0) is 17.6. The van der Waals surface area contributed by atoms with Crippen LogP contribution in [0, 0.1) is 0 Å². The smallest absolute Gasteiger partial charge is 0.500 e. The van der Waals surface area contributed by atoms with Gasteiger partial charge >= 0.3 is 14.8 Å². The van der Waals surface area contributed by atoms with Crippen molar-refractivity contribution in [1.29, 1.82) is 0 Å². The fraction of sp³-hybridized carbons (Fsp3) is 0.400. The van der Waals surface area contributed by atoms with Gasteiger partial charge in [0.05, 0.1) is 6.61 Å². The number of hydrogen-bond acceptors (Lipinski definition) is 6. The lowest BCUT2D eigenvalue weighted by molar-refractivity contribution is -0.137. The second-order valence-corrected chi connectivity index (χ2v) is 7.79. The van der Waals surface area contributed by atoms with Crippen LogP contribution in [0.15, 0.2) is 43.0 Å². The van der Waals surface area contributed by atoms with E-state index in [0.29, 0.717) is 19.1 Å². The van der Waals surface area contributed by atoms with Gasteiger partial charge in [-0.25, -0.2) is 4.79 Å². The minimum absolute atomic E-state index is 0.315. The molecule has 0 heterocycles. The highest BCUT2D eigenvalue weighted by Gasteiger charge is 2.36. The summed E-state index contributed by atoms with van der Waals surface area (Å²) in [4.78, 5) is 10.7. The van der Waals surface area contributed by atoms with Crippen LogP contribution in [0.5, 0.6) is 5.75 Å². The van der Waals surface area contributed by atoms with Crippen LogP contribution >= 0.6 is 0 Å². The summed E-state index contributed by atoms with van der Waals surface area (Å²) in [6, 6.07) is 10.4. The number of para-hydroxylation sites is 1. The van der Waals surface area contributed by atoms with Crippen LogP contribution in [-0.2, 0) is 22.8 Å². The molecule has 0 aromatic heterocycles. The molecule has 0 amide bonds. The molecule has 130 valence electrons. The number of carbonyl (C=O) groups is 1. The maximum atomic E-state index is 10.7. The number of benzene rings is 1. The molecular formula is C15H26O6Si2. The van der Waals surface area contributed by atoms with Gasteiger partial charge < -0.3 is 22.4 Å². The van der Waals surface area contributed by atoms with Crippen molar-refractivity contribution in [1.82, 2.24) is 0 Å². The van der Waals surface area contributed by atoms with Crippen LogP contribution in [0.4, 0.5) is 0 Å². The monoisotopic (exact) mass is 358 g/mol. The number of hydrogen-bond donors (Lipinski definition) is 0. The molecule has 0 aliphatic rings. The number of rotatable bonds is 9. The van der Waals surface area contributed by atoms with Crippen molar-refractivity contribution in [3.05, 3.63) is 43.0 Å². The topological polar surface area (TPSA) is 63.2 Å². The maximum absolute atomic E-state index is 10.7. The van der Waals surface area contributed by atoms with E-state index in [4.69, 9.17) is 22.4 Å². The minimum atomic E-state index is -2.52. The van der Waals surface area contributed by atoms with Crippen molar-refractivity contribution < 1.29 is 27.2 Å². The summed E-state index contributed by atoms with van der Waals surface area (Å²) < 4.78 is 25.5. The van der Waals surface area contributed by atoms with Crippen LogP contribution < -0.4 is 4.43 Å². The Balaban J connectivity index is 0.000000502. The lowest BCUT2D eigenvalue weighted by atomic mass is 10.3. The van der Waals surface area contributed by atoms with Crippen LogP contribution in [-0.4, -0.2) is 53.2 Å². The summed E-state index contributed by atoms with van der Waals surface area (Å²) in [5, 5.41) is 0. The second-order valence-electron chi connectivity index (χ2n) is 4.29. The van der Waals surface area contributed by atoms with Gasteiger partial charge in [0.25, 0.3) is 0 Å². The van der Waals surface area contributed by atoms with Crippen molar-refractivity contribution in [3.8, 4) is 5.75 Å². The molecule has 1 aromatic carbocycles. The summed E-state index contributed by atoms with van der Waals surface area (Å²) in [5.74, 6) is 0.550. The molecule has 0 saturated carbocycles. The predicted octanol–water partition coefficient (Wildman–Crippen LogP) is 1.33. The molecule has 0 aliphatic heterocycles. The predicted molar refractivity (Wildman–Crippen MR) is 94.4 cm³/mol. The fourth-order valence-corrected chi connectivity index (χ4v) is 3.60. The molecule has 0 N–H and O–H groups in total. The highest BCUT2D eigenvalue weighted by molar-refractivity contribution is 6.60. The van der Waals surface area contributed by atoms with Crippen molar-refractivity contribution in [2.45, 2.75) is 12.5 Å². The Bertz CT molecular complexity index is 429. The lowest BCUT2D eigenvalue weighted by Gasteiger charge is -2.23. The number of esters is 1. The number of carbonyl (C=O) groups excluding carboxylic acids is 1. The molecule has 0 spiro atoms. The van der Waals surface area contributed by atoms with E-state index < -0.39 is 14.8 Å². The largest absolute Gasteiger partial charge is 0.553 e. The highest BCUT2D eigenvalue weighted by atomic mass is 28.4. The molecule has 23 heavy (non-hydrogen) atoms. The van der Waals surface area contributed by atoms with E-state index in [1.54, 1.807) is 21.3 Å². The Kier molecular flexibility index (Phi) is 12.2. The molecular weight excluding hydrogens is 332 g/mol. The maximum Gasteiger partial charge on any atom is 0.500 e. The molecule has 0 unspecified atom stereocenters. The zero-order valence-electron chi connectivity index (χ0n) is 14.2. The first-order valence-corrected chi connectivity index (χ1v) is 9.86. The average Bonchev–Trinajstić information content (AvgIpc) is 2.63. The normalized spacial score (nSPS) is 10.4. The lowest BCUT2D eigenvalue weighted by Crippen LogP contribution is -2.42. The van der Waals surface area contributed by atoms with Gasteiger partial charge in [-0.15, -0.1) is 0 Å². The third-order valence-corrected chi connectivity index (χ3v) is 6.25. The van der Waals surface area contributed by atoms with Crippen LogP contribution in [0.3, 0.4) is 0 Å². The van der Waals surface area contributed by atoms with Gasteiger partial charge in [-0.05, 0) is 18.6 Å². The van der Waals surface area contributed by atoms with E-state index in [1.165, 1.54) is 0 Å². The van der Waals surface area contributed by atoms with Gasteiger partial charge in [-0.3, -0.25) is 0 Å². The summed E-state index contributed by atoms with van der Waals surface area (Å²) in [5.41, 5.74) is 0. The van der Waals surface area contributed by atoms with Crippen molar-refractivity contribution in [2.24, 2.45) is 0 Å². The van der Waals surface area contributed by atoms with Crippen molar-refractivity contribution in [2.75, 3.05) is 27.9 Å². The Hall–Kier alpha value is -1.46. The van der Waals surface area contributed by atoms with Crippen molar-refractivity contribution >= 4 is 25.3 Å². The Labute approximate surface area is 142 Å². The van der Waals surface area contributed by atoms with E-state index in [1.807, 2.05) is 30.3 Å². The zero-order valence-corrected chi connectivity index (χ0v) is 17.2. The van der Waals surface area contributed by atoms with E-state index in [0.717, 1.165) is 22.3 Å². The Morgan fingerprint density at radius 3 is 2.13 bits per heavy atom. The summed E-state index contributed by atoms with van der Waals surface area (Å²) in [6.45, 7) is 3.61. The van der Waals surface area contributed by atoms with E-state index in [9.17, 15) is 4.79 Å². The van der Waals surface area contributed by atoms with Crippen LogP contribution in [0.25, 0.3) is 0 Å². The Morgan fingerprint density at radius 1 is 1.17 bits per heavy atom. The summed E-state index contributed by atoms with van der Waals surface area (Å²) in [6.07, 6.45) is 1.77. The fourth-order valence-electron chi connectivity index (χ4n) is 1.63. The molecule has 0 bridgehead atoms. The molecule has 0 aliphatic carbocycles. The molecule has 6 nitrogen and oxygen atoms in total. The molecule has 0 saturated heterocycles. The standard InChI is InChI=1S/C9H18O5Si.C6H8OSi/c1-5-9(10)14-7-6-8-15(11-2,12-3)13-4;8-7-6-4-2-1-3-5-6/h5H,1,6-8H2,2-4H3;1-5H,8H3. The third kappa shape index (κ3) is 9.31. The quantitative estimate of drug-likeness (QED) is 0.287. The van der Waals surface area contributed by atoms with Gasteiger partial charge in [0.15, 0.2) is 0 Å². The van der Waals surface area contributed by atoms with Gasteiger partial charge in [0, 0.05) is 33.4 Å². The first kappa shape index (κ1) is 21.5. The Morgan fingerprint density at radius 2 is 1.74 bits per heavy atom. The van der Waals surface area contributed by atoms with Gasteiger partial charge in [-0.2, -0.15) is 0 Å². The van der Waals surface area contributed by atoms with Crippen molar-refractivity contribution in [3.63, 3.8) is 0 Å². The summed E-state index contributed by atoms with van der Waals surface area (Å²) >= 11 is 0.